The first-order valence-corrected chi connectivity index (χ1v) is 7.75. The summed E-state index contributed by atoms with van der Waals surface area (Å²) in [7, 11) is 0. The maximum Gasteiger partial charge on any atom is 0.167 e. The Hall–Kier alpha value is -2.36. The fourth-order valence-electron chi connectivity index (χ4n) is 3.14. The third kappa shape index (κ3) is 2.34. The second-order valence-corrected chi connectivity index (χ2v) is 5.83. The van der Waals surface area contributed by atoms with Crippen LogP contribution in [0.1, 0.15) is 18.4 Å². The van der Waals surface area contributed by atoms with Gasteiger partial charge in [-0.2, -0.15) is 0 Å². The molecule has 4 rings (SSSR count). The van der Waals surface area contributed by atoms with Crippen LogP contribution in [0, 0.1) is 5.82 Å². The van der Waals surface area contributed by atoms with E-state index in [1.807, 2.05) is 30.5 Å². The van der Waals surface area contributed by atoms with Crippen molar-refractivity contribution in [3.8, 4) is 0 Å². The molecule has 0 N–H and O–H groups in total. The van der Waals surface area contributed by atoms with Crippen molar-refractivity contribution in [1.82, 2.24) is 9.55 Å². The van der Waals surface area contributed by atoms with Crippen LogP contribution in [0.15, 0.2) is 48.7 Å². The number of fused-ring (bicyclic) bond motifs is 1. The van der Waals surface area contributed by atoms with Gasteiger partial charge in [0.05, 0.1) is 0 Å². The molecule has 0 atom stereocenters. The maximum atomic E-state index is 14.3. The maximum absolute atomic E-state index is 14.3. The number of benzene rings is 1. The van der Waals surface area contributed by atoms with Gasteiger partial charge < -0.3 is 9.47 Å². The smallest absolute Gasteiger partial charge is 0.167 e. The van der Waals surface area contributed by atoms with Gasteiger partial charge in [-0.3, -0.25) is 0 Å². The zero-order valence-electron chi connectivity index (χ0n) is 12.4. The molecule has 0 amide bonds. The van der Waals surface area contributed by atoms with E-state index in [1.165, 1.54) is 5.56 Å². The molecule has 3 aromatic rings. The van der Waals surface area contributed by atoms with Gasteiger partial charge in [0.15, 0.2) is 11.6 Å². The van der Waals surface area contributed by atoms with Gasteiger partial charge in [-0.1, -0.05) is 30.3 Å². The minimum Gasteiger partial charge on any atom is -0.354 e. The Labute approximate surface area is 129 Å². The van der Waals surface area contributed by atoms with Crippen LogP contribution in [0.5, 0.6) is 0 Å². The van der Waals surface area contributed by atoms with Crippen LogP contribution in [0.2, 0.25) is 0 Å². The molecular weight excluding hydrogens is 277 g/mol. The topological polar surface area (TPSA) is 21.1 Å². The summed E-state index contributed by atoms with van der Waals surface area (Å²) in [4.78, 5) is 6.68. The molecule has 1 aliphatic rings. The van der Waals surface area contributed by atoms with E-state index in [0.717, 1.165) is 43.5 Å². The van der Waals surface area contributed by atoms with Crippen molar-refractivity contribution >= 4 is 16.9 Å². The summed E-state index contributed by atoms with van der Waals surface area (Å²) < 4.78 is 16.4. The predicted molar refractivity (Wildman–Crippen MR) is 86.7 cm³/mol. The highest BCUT2D eigenvalue weighted by Gasteiger charge is 2.19. The molecule has 112 valence electrons. The lowest BCUT2D eigenvalue weighted by atomic mass is 10.2. The van der Waals surface area contributed by atoms with Crippen LogP contribution >= 0.6 is 0 Å². The number of pyridine rings is 1. The van der Waals surface area contributed by atoms with Crippen LogP contribution in [-0.4, -0.2) is 22.6 Å². The molecule has 2 aromatic heterocycles. The average molecular weight is 295 g/mol. The fraction of sp³-hybridized carbons (Fsp3) is 0.278. The van der Waals surface area contributed by atoms with Crippen LogP contribution < -0.4 is 4.90 Å². The van der Waals surface area contributed by atoms with Crippen LogP contribution in [0.3, 0.4) is 0 Å². The summed E-state index contributed by atoms with van der Waals surface area (Å²) in [5.41, 5.74) is 2.07. The van der Waals surface area contributed by atoms with E-state index in [0.29, 0.717) is 5.82 Å². The Kier molecular flexibility index (Phi) is 3.29. The Morgan fingerprint density at radius 2 is 1.82 bits per heavy atom. The molecule has 1 aromatic carbocycles. The third-order valence-corrected chi connectivity index (χ3v) is 4.27. The lowest BCUT2D eigenvalue weighted by molar-refractivity contribution is 0.618. The number of hydrogen-bond donors (Lipinski definition) is 0. The number of hydrogen-bond acceptors (Lipinski definition) is 2. The second kappa shape index (κ2) is 5.44. The first-order valence-electron chi connectivity index (χ1n) is 7.75. The molecule has 0 unspecified atom stereocenters. The monoisotopic (exact) mass is 295 g/mol. The predicted octanol–water partition coefficient (Wildman–Crippen LogP) is 3.82. The molecule has 1 fully saturated rings. The molecule has 0 aliphatic carbocycles. The minimum atomic E-state index is -0.216. The van der Waals surface area contributed by atoms with Gasteiger partial charge >= 0.3 is 0 Å². The second-order valence-electron chi connectivity index (χ2n) is 5.83. The minimum absolute atomic E-state index is 0.216. The highest BCUT2D eigenvalue weighted by molar-refractivity contribution is 5.78. The van der Waals surface area contributed by atoms with Crippen molar-refractivity contribution in [1.29, 1.82) is 0 Å². The summed E-state index contributed by atoms with van der Waals surface area (Å²) >= 11 is 0. The molecule has 0 bridgehead atoms. The molecular formula is C18H18FN3. The van der Waals surface area contributed by atoms with E-state index in [2.05, 4.69) is 26.6 Å². The van der Waals surface area contributed by atoms with Gasteiger partial charge in [0.2, 0.25) is 0 Å². The molecule has 0 saturated carbocycles. The molecule has 3 nitrogen and oxygen atoms in total. The number of halogens is 1. The van der Waals surface area contributed by atoms with E-state index < -0.39 is 0 Å². The highest BCUT2D eigenvalue weighted by atomic mass is 19.1. The van der Waals surface area contributed by atoms with Crippen LogP contribution in [0.25, 0.3) is 11.0 Å². The van der Waals surface area contributed by atoms with Crippen molar-refractivity contribution in [2.45, 2.75) is 19.4 Å². The van der Waals surface area contributed by atoms with E-state index in [9.17, 15) is 4.39 Å². The van der Waals surface area contributed by atoms with E-state index in [-0.39, 0.29) is 5.82 Å². The molecule has 0 spiro atoms. The van der Waals surface area contributed by atoms with Crippen LogP contribution in [0.4, 0.5) is 10.2 Å². The molecule has 1 aliphatic heterocycles. The summed E-state index contributed by atoms with van der Waals surface area (Å²) in [6, 6.07) is 13.8. The molecule has 3 heterocycles. The van der Waals surface area contributed by atoms with Crippen molar-refractivity contribution in [2.75, 3.05) is 18.0 Å². The zero-order valence-corrected chi connectivity index (χ0v) is 12.4. The van der Waals surface area contributed by atoms with Gasteiger partial charge in [0.1, 0.15) is 5.65 Å². The largest absolute Gasteiger partial charge is 0.354 e. The van der Waals surface area contributed by atoms with Gasteiger partial charge in [-0.05, 0) is 30.5 Å². The zero-order chi connectivity index (χ0) is 14.9. The third-order valence-electron chi connectivity index (χ3n) is 4.27. The normalized spacial score (nSPS) is 14.9. The lowest BCUT2D eigenvalue weighted by Gasteiger charge is -2.17. The summed E-state index contributed by atoms with van der Waals surface area (Å²) in [5.74, 6) is 0.282. The van der Waals surface area contributed by atoms with Gasteiger partial charge in [-0.15, -0.1) is 0 Å². The summed E-state index contributed by atoms with van der Waals surface area (Å²) in [5, 5.41) is 0.858. The number of nitrogens with zero attached hydrogens (tertiary/aromatic N) is 3. The highest BCUT2D eigenvalue weighted by Crippen LogP contribution is 2.26. The standard InChI is InChI=1S/C18H18FN3/c19-16-12-15-8-11-22(13-14-6-2-1-3-7-14)17(15)20-18(16)21-9-4-5-10-21/h1-3,6-8,11-12H,4-5,9-10,13H2. The van der Waals surface area contributed by atoms with Crippen LogP contribution in [-0.2, 0) is 6.54 Å². The summed E-state index contributed by atoms with van der Waals surface area (Å²) in [6.07, 6.45) is 4.21. The fourth-order valence-corrected chi connectivity index (χ4v) is 3.14. The van der Waals surface area contributed by atoms with E-state index in [1.54, 1.807) is 6.07 Å². The van der Waals surface area contributed by atoms with Crippen molar-refractivity contribution in [3.63, 3.8) is 0 Å². The Morgan fingerprint density at radius 3 is 2.59 bits per heavy atom. The Balaban J connectivity index is 1.75. The van der Waals surface area contributed by atoms with E-state index >= 15 is 0 Å². The molecule has 0 radical (unpaired) electrons. The van der Waals surface area contributed by atoms with E-state index in [4.69, 9.17) is 0 Å². The van der Waals surface area contributed by atoms with Gasteiger partial charge in [-0.25, -0.2) is 9.37 Å². The average Bonchev–Trinajstić information content (AvgIpc) is 3.18. The van der Waals surface area contributed by atoms with Gasteiger partial charge in [0.25, 0.3) is 0 Å². The lowest BCUT2D eigenvalue weighted by Crippen LogP contribution is -2.20. The first-order chi connectivity index (χ1) is 10.8. The Morgan fingerprint density at radius 1 is 1.05 bits per heavy atom. The van der Waals surface area contributed by atoms with Gasteiger partial charge in [0, 0.05) is 31.2 Å². The number of aromatic nitrogens is 2. The molecule has 1 saturated heterocycles. The SMILES string of the molecule is Fc1cc2ccn(Cc3ccccc3)c2nc1N1CCCC1. The quantitative estimate of drug-likeness (QED) is 0.732. The van der Waals surface area contributed by atoms with Crippen molar-refractivity contribution in [3.05, 3.63) is 60.0 Å². The Bertz CT molecular complexity index is 789. The van der Waals surface area contributed by atoms with Crippen molar-refractivity contribution in [2.24, 2.45) is 0 Å². The van der Waals surface area contributed by atoms with Crippen molar-refractivity contribution < 1.29 is 4.39 Å². The number of anilines is 1. The first kappa shape index (κ1) is 13.3. The summed E-state index contributed by atoms with van der Waals surface area (Å²) in [6.45, 7) is 2.55. The molecule has 4 heteroatoms. The number of rotatable bonds is 3. The molecule has 22 heavy (non-hydrogen) atoms.